The van der Waals surface area contributed by atoms with Crippen molar-refractivity contribution in [3.05, 3.63) is 114 Å². The summed E-state index contributed by atoms with van der Waals surface area (Å²) in [5, 5.41) is 13.8. The zero-order chi connectivity index (χ0) is 32.2. The molecule has 42 heavy (non-hydrogen) atoms. The maximum Gasteiger partial charge on any atom is 4.00 e. The van der Waals surface area contributed by atoms with Crippen LogP contribution in [0.5, 0.6) is 0 Å². The van der Waals surface area contributed by atoms with Crippen molar-refractivity contribution in [2.75, 3.05) is 0 Å². The van der Waals surface area contributed by atoms with Crippen molar-refractivity contribution in [1.82, 2.24) is 0 Å². The van der Waals surface area contributed by atoms with Gasteiger partial charge in [0.15, 0.2) is 0 Å². The van der Waals surface area contributed by atoms with Crippen LogP contribution >= 0.6 is 0 Å². The molecule has 0 unspecified atom stereocenters. The molecule has 3 aromatic carbocycles. The Kier molecular flexibility index (Phi) is 17.9. The summed E-state index contributed by atoms with van der Waals surface area (Å²) >= 11 is 0. The maximum atomic E-state index is 7.25. The van der Waals surface area contributed by atoms with E-state index in [1.807, 2.05) is 0 Å². The summed E-state index contributed by atoms with van der Waals surface area (Å²) in [5.41, 5.74) is 16.7. The van der Waals surface area contributed by atoms with Crippen molar-refractivity contribution in [1.29, 1.82) is 0 Å². The quantitative estimate of drug-likeness (QED) is 0.259. The Bertz CT molecular complexity index is 1010. The van der Waals surface area contributed by atoms with Crippen LogP contribution in [0.3, 0.4) is 0 Å². The van der Waals surface area contributed by atoms with Crippen molar-refractivity contribution >= 4 is 17.1 Å². The van der Waals surface area contributed by atoms with Gasteiger partial charge in [0.25, 0.3) is 0 Å². The molecule has 0 spiro atoms. The number of hydrogen-bond donors (Lipinski definition) is 0. The minimum absolute atomic E-state index is 0. The van der Waals surface area contributed by atoms with Gasteiger partial charge in [0.2, 0.25) is 0 Å². The number of benzene rings is 3. The van der Waals surface area contributed by atoms with Gasteiger partial charge in [0.05, 0.1) is 0 Å². The summed E-state index contributed by atoms with van der Waals surface area (Å²) in [6, 6.07) is 19.2. The predicted molar refractivity (Wildman–Crippen MR) is 183 cm³/mol. The van der Waals surface area contributed by atoms with Crippen molar-refractivity contribution < 1.29 is 21.1 Å². The summed E-state index contributed by atoms with van der Waals surface area (Å²) in [6.07, 6.45) is 0. The van der Waals surface area contributed by atoms with Crippen molar-refractivity contribution in [2.24, 2.45) is 0 Å². The van der Waals surface area contributed by atoms with Gasteiger partial charge in [-0.1, -0.05) is 150 Å². The predicted octanol–water partition coefficient (Wildman–Crippen LogP) is 12.6. The van der Waals surface area contributed by atoms with Crippen molar-refractivity contribution in [3.8, 4) is 0 Å². The molecule has 0 aliphatic rings. The zero-order valence-corrected chi connectivity index (χ0v) is 30.8. The largest absolute Gasteiger partial charge is 4.00 e. The topological polar surface area (TPSA) is 81.7 Å². The number of nitrogens with zero attached hydrogens (tertiary/aromatic N) is 4. The SMILES string of the molecule is Cc1cc(C)cc([N-]C(C)(C)C)c1.Cc1cc(C)cc([N-]C(C)(C)C)c1.Cc1cc(C)cc([N-]C(C)(C)C)c1.[Mo+4].[N-]=O. The molecular formula is C36H54MoN4O. The molecule has 5 nitrogen and oxygen atoms in total. The molecule has 0 aromatic heterocycles. The number of rotatable bonds is 3. The molecule has 0 aliphatic heterocycles. The Hall–Kier alpha value is -2.65. The minimum Gasteiger partial charge on any atom is -0.680 e. The molecule has 3 rings (SSSR count). The summed E-state index contributed by atoms with van der Waals surface area (Å²) in [4.78, 5) is 7.25. The molecule has 0 bridgehead atoms. The molecule has 0 saturated carbocycles. The second-order valence-electron chi connectivity index (χ2n) is 13.9. The summed E-state index contributed by atoms with van der Waals surface area (Å²) < 4.78 is 0. The summed E-state index contributed by atoms with van der Waals surface area (Å²) in [7, 11) is 0. The van der Waals surface area contributed by atoms with Crippen molar-refractivity contribution in [3.63, 3.8) is 0 Å². The van der Waals surface area contributed by atoms with E-state index in [1.54, 1.807) is 0 Å². The number of aryl methyl sites for hydroxylation is 6. The molecule has 0 amide bonds. The maximum absolute atomic E-state index is 7.25. The molecule has 230 valence electrons. The van der Waals surface area contributed by atoms with Gasteiger partial charge in [-0.25, -0.2) is 0 Å². The van der Waals surface area contributed by atoms with Gasteiger partial charge in [-0.15, -0.1) is 33.7 Å². The van der Waals surface area contributed by atoms with E-state index in [-0.39, 0.29) is 37.7 Å². The summed E-state index contributed by atoms with van der Waals surface area (Å²) in [5.74, 6) is 0. The van der Waals surface area contributed by atoms with E-state index in [0.717, 1.165) is 17.1 Å². The third-order valence-electron chi connectivity index (χ3n) is 5.01. The van der Waals surface area contributed by atoms with E-state index < -0.39 is 0 Å². The van der Waals surface area contributed by atoms with E-state index >= 15 is 0 Å². The first kappa shape index (κ1) is 41.5. The number of nitroso groups, excluding NO2 is 1. The van der Waals surface area contributed by atoms with Crippen LogP contribution in [0.25, 0.3) is 21.5 Å². The molecule has 0 atom stereocenters. The monoisotopic (exact) mass is 656 g/mol. The molecule has 0 radical (unpaired) electrons. The average Bonchev–Trinajstić information content (AvgIpc) is 2.70. The third-order valence-corrected chi connectivity index (χ3v) is 5.01. The standard InChI is InChI=1S/3C12H18N.Mo.NO/c3*1-9-6-10(2)8-11(7-9)13-12(3,4)5;;1-2/h3*6-8H,1-5H3;;/q3*-1;+4;-1. The average molecular weight is 655 g/mol. The first-order valence-corrected chi connectivity index (χ1v) is 14.2. The van der Waals surface area contributed by atoms with Crippen LogP contribution in [0, 0.1) is 46.4 Å². The van der Waals surface area contributed by atoms with Crippen LogP contribution in [0.2, 0.25) is 0 Å². The van der Waals surface area contributed by atoms with Crippen LogP contribution < -0.4 is 0 Å². The second kappa shape index (κ2) is 18.1. The normalized spacial score (nSPS) is 10.7. The fourth-order valence-electron chi connectivity index (χ4n) is 4.21. The first-order chi connectivity index (χ1) is 18.6. The van der Waals surface area contributed by atoms with Crippen molar-refractivity contribution in [2.45, 2.75) is 120 Å². The smallest absolute Gasteiger partial charge is 0.680 e. The van der Waals surface area contributed by atoms with Crippen LogP contribution in [0.4, 0.5) is 17.1 Å². The van der Waals surface area contributed by atoms with Crippen LogP contribution in [0.15, 0.2) is 54.6 Å². The van der Waals surface area contributed by atoms with E-state index in [9.17, 15) is 0 Å². The van der Waals surface area contributed by atoms with E-state index in [4.69, 9.17) is 10.5 Å². The van der Waals surface area contributed by atoms with E-state index in [0.29, 0.717) is 0 Å². The fraction of sp³-hybridized carbons (Fsp3) is 0.500. The molecule has 0 aliphatic carbocycles. The Morgan fingerprint density at radius 2 is 0.524 bits per heavy atom. The van der Waals surface area contributed by atoms with Gasteiger partial charge >= 0.3 is 21.1 Å². The van der Waals surface area contributed by atoms with Gasteiger partial charge in [0, 0.05) is 0 Å². The van der Waals surface area contributed by atoms with Gasteiger partial charge in [-0.2, -0.15) is 0 Å². The minimum atomic E-state index is 0. The van der Waals surface area contributed by atoms with Crippen LogP contribution in [-0.2, 0) is 21.1 Å². The molecule has 0 fully saturated rings. The third kappa shape index (κ3) is 21.1. The van der Waals surface area contributed by atoms with Gasteiger partial charge in [0.1, 0.15) is 0 Å². The molecule has 0 N–H and O–H groups in total. The Balaban J connectivity index is 0. The van der Waals surface area contributed by atoms with E-state index in [2.05, 4.69) is 174 Å². The van der Waals surface area contributed by atoms with Crippen LogP contribution in [-0.4, -0.2) is 16.6 Å². The van der Waals surface area contributed by atoms with E-state index in [1.165, 1.54) is 33.4 Å². The molecule has 6 heteroatoms. The summed E-state index contributed by atoms with van der Waals surface area (Å²) in [6.45, 7) is 31.7. The van der Waals surface area contributed by atoms with Gasteiger partial charge in [-0.05, 0) is 41.5 Å². The number of hydrogen-bond acceptors (Lipinski definition) is 1. The molecule has 0 saturated heterocycles. The molecule has 0 heterocycles. The van der Waals surface area contributed by atoms with Crippen LogP contribution in [0.1, 0.15) is 95.7 Å². The zero-order valence-electron chi connectivity index (χ0n) is 28.8. The molecule has 3 aromatic rings. The van der Waals surface area contributed by atoms with Gasteiger partial charge in [-0.3, -0.25) is 0 Å². The molecular weight excluding hydrogens is 600 g/mol. The Labute approximate surface area is 272 Å². The Morgan fingerprint density at radius 1 is 0.381 bits per heavy atom. The van der Waals surface area contributed by atoms with Gasteiger partial charge < -0.3 is 26.5 Å². The second-order valence-corrected chi connectivity index (χ2v) is 13.9. The Morgan fingerprint density at radius 3 is 0.643 bits per heavy atom. The fourth-order valence-corrected chi connectivity index (χ4v) is 4.21. The first-order valence-electron chi connectivity index (χ1n) is 14.2.